The van der Waals surface area contributed by atoms with Crippen molar-refractivity contribution in [2.24, 2.45) is 0 Å². The van der Waals surface area contributed by atoms with E-state index >= 15 is 0 Å². The van der Waals surface area contributed by atoms with Gasteiger partial charge < -0.3 is 14.8 Å². The third kappa shape index (κ3) is 3.16. The van der Waals surface area contributed by atoms with Gasteiger partial charge in [-0.3, -0.25) is 9.59 Å². The van der Waals surface area contributed by atoms with E-state index in [1.165, 1.54) is 6.08 Å². The zero-order chi connectivity index (χ0) is 17.3. The number of halogens is 1. The number of carbonyl (C=O) groups excluding carboxylic acids is 2. The van der Waals surface area contributed by atoms with Gasteiger partial charge in [0.2, 0.25) is 0 Å². The predicted octanol–water partition coefficient (Wildman–Crippen LogP) is 2.58. The lowest BCUT2D eigenvalue weighted by molar-refractivity contribution is -0.140. The van der Waals surface area contributed by atoms with E-state index in [0.29, 0.717) is 21.4 Å². The molecule has 0 unspecified atom stereocenters. The van der Waals surface area contributed by atoms with Crippen LogP contribution >= 0.6 is 11.6 Å². The largest absolute Gasteiger partial charge is 0.480 e. The first-order valence-electron chi connectivity index (χ1n) is 6.86. The summed E-state index contributed by atoms with van der Waals surface area (Å²) in [7, 11) is 0. The summed E-state index contributed by atoms with van der Waals surface area (Å²) in [6, 6.07) is 9.61. The van der Waals surface area contributed by atoms with Crippen LogP contribution in [0.4, 0.5) is 4.79 Å². The van der Waals surface area contributed by atoms with E-state index < -0.39 is 24.5 Å². The molecule has 1 aliphatic heterocycles. The fraction of sp³-hybridized carbons (Fsp3) is 0.0625. The van der Waals surface area contributed by atoms with Gasteiger partial charge >= 0.3 is 12.0 Å². The molecule has 0 bridgehead atoms. The van der Waals surface area contributed by atoms with Gasteiger partial charge in [0.15, 0.2) is 0 Å². The summed E-state index contributed by atoms with van der Waals surface area (Å²) in [6.45, 7) is -0.700. The van der Waals surface area contributed by atoms with Crippen molar-refractivity contribution in [3.63, 3.8) is 0 Å². The number of imide groups is 1. The van der Waals surface area contributed by atoms with Crippen molar-refractivity contribution in [1.29, 1.82) is 0 Å². The Kier molecular flexibility index (Phi) is 4.09. The van der Waals surface area contributed by atoms with Crippen LogP contribution in [0.3, 0.4) is 0 Å². The molecule has 24 heavy (non-hydrogen) atoms. The molecule has 3 amide bonds. The molecule has 7 nitrogen and oxygen atoms in total. The number of carboxylic acids is 1. The van der Waals surface area contributed by atoms with Crippen molar-refractivity contribution >= 4 is 35.6 Å². The SMILES string of the molecule is O=C(O)CN1C(=O)N/C(=C/c2ccc(-c3cccc(Cl)c3)o2)C1=O. The third-order valence-electron chi connectivity index (χ3n) is 3.28. The summed E-state index contributed by atoms with van der Waals surface area (Å²) < 4.78 is 5.61. The highest BCUT2D eigenvalue weighted by Gasteiger charge is 2.35. The van der Waals surface area contributed by atoms with Gasteiger partial charge in [0, 0.05) is 16.7 Å². The average Bonchev–Trinajstić information content (AvgIpc) is 3.08. The number of carboxylic acid groups (broad SMARTS) is 1. The van der Waals surface area contributed by atoms with E-state index in [0.717, 1.165) is 5.56 Å². The molecule has 0 saturated carbocycles. The number of aliphatic carboxylic acids is 1. The fourth-order valence-electron chi connectivity index (χ4n) is 2.22. The summed E-state index contributed by atoms with van der Waals surface area (Å²) in [4.78, 5) is 34.9. The number of hydrogen-bond donors (Lipinski definition) is 2. The van der Waals surface area contributed by atoms with E-state index in [1.807, 2.05) is 6.07 Å². The fourth-order valence-corrected chi connectivity index (χ4v) is 2.41. The minimum absolute atomic E-state index is 0.0479. The first kappa shape index (κ1) is 15.8. The van der Waals surface area contributed by atoms with E-state index in [4.69, 9.17) is 21.1 Å². The molecule has 1 aromatic carbocycles. The number of hydrogen-bond acceptors (Lipinski definition) is 4. The number of furan rings is 1. The van der Waals surface area contributed by atoms with Gasteiger partial charge in [-0.15, -0.1) is 0 Å². The van der Waals surface area contributed by atoms with Gasteiger partial charge in [-0.25, -0.2) is 9.69 Å². The molecule has 0 atom stereocenters. The summed E-state index contributed by atoms with van der Waals surface area (Å²) in [5.74, 6) is -1.11. The molecule has 2 N–H and O–H groups in total. The molecule has 122 valence electrons. The molecule has 0 aliphatic carbocycles. The number of benzene rings is 1. The van der Waals surface area contributed by atoms with E-state index in [1.54, 1.807) is 30.3 Å². The second kappa shape index (κ2) is 6.21. The molecule has 2 heterocycles. The second-order valence-corrected chi connectivity index (χ2v) is 5.42. The molecule has 2 aromatic rings. The number of nitrogens with zero attached hydrogens (tertiary/aromatic N) is 1. The van der Waals surface area contributed by atoms with Crippen LogP contribution in [-0.2, 0) is 9.59 Å². The van der Waals surface area contributed by atoms with Crippen molar-refractivity contribution < 1.29 is 23.9 Å². The van der Waals surface area contributed by atoms with Gasteiger partial charge in [-0.2, -0.15) is 0 Å². The number of carbonyl (C=O) groups is 3. The van der Waals surface area contributed by atoms with Gasteiger partial charge in [0.25, 0.3) is 5.91 Å². The normalized spacial score (nSPS) is 15.9. The standard InChI is InChI=1S/C16H11ClN2O5/c17-10-3-1-2-9(6-10)13-5-4-11(24-13)7-12-15(22)19(8-14(20)21)16(23)18-12/h1-7H,8H2,(H,18,23)(H,20,21)/b12-7+. The molecule has 1 aliphatic rings. The Labute approximate surface area is 141 Å². The van der Waals surface area contributed by atoms with Gasteiger partial charge in [0.05, 0.1) is 0 Å². The smallest absolute Gasteiger partial charge is 0.329 e. The lowest BCUT2D eigenvalue weighted by Crippen LogP contribution is -2.35. The molecular formula is C16H11ClN2O5. The Morgan fingerprint density at radius 2 is 2.08 bits per heavy atom. The highest BCUT2D eigenvalue weighted by Crippen LogP contribution is 2.26. The third-order valence-corrected chi connectivity index (χ3v) is 3.51. The minimum Gasteiger partial charge on any atom is -0.480 e. The van der Waals surface area contributed by atoms with Crippen molar-refractivity contribution in [1.82, 2.24) is 10.2 Å². The monoisotopic (exact) mass is 346 g/mol. The summed E-state index contributed by atoms with van der Waals surface area (Å²) in [5.41, 5.74) is 0.717. The molecule has 0 spiro atoms. The van der Waals surface area contributed by atoms with Crippen LogP contribution < -0.4 is 5.32 Å². The highest BCUT2D eigenvalue weighted by molar-refractivity contribution is 6.30. The number of amides is 3. The Bertz CT molecular complexity index is 871. The first-order chi connectivity index (χ1) is 11.4. The van der Waals surface area contributed by atoms with Gasteiger partial charge in [-0.05, 0) is 24.3 Å². The zero-order valence-corrected chi connectivity index (χ0v) is 12.9. The van der Waals surface area contributed by atoms with Crippen LogP contribution in [0.25, 0.3) is 17.4 Å². The molecule has 0 radical (unpaired) electrons. The molecule has 3 rings (SSSR count). The van der Waals surface area contributed by atoms with E-state index in [2.05, 4.69) is 5.32 Å². The minimum atomic E-state index is -1.28. The number of urea groups is 1. The quantitative estimate of drug-likeness (QED) is 0.654. The van der Waals surface area contributed by atoms with Crippen molar-refractivity contribution in [2.45, 2.75) is 0 Å². The number of nitrogens with one attached hydrogen (secondary N) is 1. The van der Waals surface area contributed by atoms with Crippen LogP contribution in [0.15, 0.2) is 46.5 Å². The van der Waals surface area contributed by atoms with Crippen LogP contribution in [0.5, 0.6) is 0 Å². The van der Waals surface area contributed by atoms with Crippen LogP contribution in [0.1, 0.15) is 5.76 Å². The van der Waals surface area contributed by atoms with Gasteiger partial charge in [0.1, 0.15) is 23.8 Å². The lowest BCUT2D eigenvalue weighted by Gasteiger charge is -2.06. The first-order valence-corrected chi connectivity index (χ1v) is 7.24. The zero-order valence-electron chi connectivity index (χ0n) is 12.2. The molecule has 1 aromatic heterocycles. The van der Waals surface area contributed by atoms with Crippen LogP contribution in [0, 0.1) is 0 Å². The van der Waals surface area contributed by atoms with E-state index in [9.17, 15) is 14.4 Å². The maximum Gasteiger partial charge on any atom is 0.329 e. The summed E-state index contributed by atoms with van der Waals surface area (Å²) >= 11 is 5.93. The molecule has 8 heteroatoms. The molecular weight excluding hydrogens is 336 g/mol. The Hall–Kier alpha value is -3.06. The number of rotatable bonds is 4. The Balaban J connectivity index is 1.84. The maximum atomic E-state index is 12.0. The lowest BCUT2D eigenvalue weighted by atomic mass is 10.2. The molecule has 1 saturated heterocycles. The van der Waals surface area contributed by atoms with Crippen molar-refractivity contribution in [3.05, 3.63) is 52.9 Å². The summed E-state index contributed by atoms with van der Waals surface area (Å²) in [5, 5.41) is 11.6. The van der Waals surface area contributed by atoms with E-state index in [-0.39, 0.29) is 5.70 Å². The Morgan fingerprint density at radius 3 is 2.79 bits per heavy atom. The topological polar surface area (TPSA) is 99.8 Å². The Morgan fingerprint density at radius 1 is 1.29 bits per heavy atom. The summed E-state index contributed by atoms with van der Waals surface area (Å²) in [6.07, 6.45) is 1.34. The van der Waals surface area contributed by atoms with Crippen molar-refractivity contribution in [2.75, 3.05) is 6.54 Å². The maximum absolute atomic E-state index is 12.0. The second-order valence-electron chi connectivity index (χ2n) is 4.99. The molecule has 1 fully saturated rings. The van der Waals surface area contributed by atoms with Crippen LogP contribution in [0.2, 0.25) is 5.02 Å². The highest BCUT2D eigenvalue weighted by atomic mass is 35.5. The van der Waals surface area contributed by atoms with Crippen LogP contribution in [-0.4, -0.2) is 34.5 Å². The predicted molar refractivity (Wildman–Crippen MR) is 85.0 cm³/mol. The van der Waals surface area contributed by atoms with Gasteiger partial charge in [-0.1, -0.05) is 23.7 Å². The average molecular weight is 347 g/mol. The van der Waals surface area contributed by atoms with Crippen molar-refractivity contribution in [3.8, 4) is 11.3 Å².